The van der Waals surface area contributed by atoms with Gasteiger partial charge in [-0.2, -0.15) is 5.26 Å². The van der Waals surface area contributed by atoms with Gasteiger partial charge in [0.1, 0.15) is 18.7 Å². The van der Waals surface area contributed by atoms with Crippen molar-refractivity contribution in [3.8, 4) is 6.07 Å². The molecule has 1 heterocycles. The second-order valence-corrected chi connectivity index (χ2v) is 7.48. The molecule has 1 saturated heterocycles. The minimum atomic E-state index is -0.809. The van der Waals surface area contributed by atoms with Crippen LogP contribution in [0.15, 0.2) is 30.3 Å². The molecule has 1 fully saturated rings. The minimum Gasteiger partial charge on any atom is -0.445 e. The molecular formula is C21H28N4O4. The number of likely N-dealkylation sites (tertiary alicyclic amines) is 1. The molecule has 0 aliphatic carbocycles. The number of nitrogens with zero attached hydrogens (tertiary/aromatic N) is 2. The lowest BCUT2D eigenvalue weighted by Gasteiger charge is -2.22. The van der Waals surface area contributed by atoms with Crippen molar-refractivity contribution in [3.05, 3.63) is 35.9 Å². The number of amides is 3. The van der Waals surface area contributed by atoms with Crippen LogP contribution in [0.1, 0.15) is 38.7 Å². The summed E-state index contributed by atoms with van der Waals surface area (Å²) >= 11 is 0. The van der Waals surface area contributed by atoms with E-state index in [0.29, 0.717) is 19.4 Å². The van der Waals surface area contributed by atoms with Gasteiger partial charge in [-0.3, -0.25) is 9.59 Å². The highest BCUT2D eigenvalue weighted by Crippen LogP contribution is 2.16. The molecule has 156 valence electrons. The van der Waals surface area contributed by atoms with Crippen molar-refractivity contribution in [3.63, 3.8) is 0 Å². The molecule has 1 aliphatic rings. The lowest BCUT2D eigenvalue weighted by atomic mass is 10.0. The molecule has 0 spiro atoms. The standard InChI is InChI=1S/C21H28N4O4/c1-15(2)11-18(24-21(28)29-14-16-7-4-3-5-8-16)20(27)23-13-19(26)25-10-6-9-17(25)12-22/h3-5,7-8,15,17-18H,6,9-11,13-14H2,1-2H3,(H,23,27)(H,24,28)/t17-,18-/m0/s1. The zero-order valence-electron chi connectivity index (χ0n) is 16.9. The normalized spacial score (nSPS) is 16.8. The molecule has 1 aliphatic heterocycles. The molecule has 1 aromatic rings. The molecule has 0 radical (unpaired) electrons. The third-order valence-corrected chi connectivity index (χ3v) is 4.66. The monoisotopic (exact) mass is 400 g/mol. The Morgan fingerprint density at radius 2 is 2.00 bits per heavy atom. The number of rotatable bonds is 8. The lowest BCUT2D eigenvalue weighted by Crippen LogP contribution is -2.50. The van der Waals surface area contributed by atoms with Gasteiger partial charge in [0.05, 0.1) is 12.6 Å². The SMILES string of the molecule is CC(C)C[C@H](NC(=O)OCc1ccccc1)C(=O)NCC(=O)N1CCC[C@H]1C#N. The number of hydrogen-bond donors (Lipinski definition) is 2. The molecule has 3 amide bonds. The fourth-order valence-corrected chi connectivity index (χ4v) is 3.20. The van der Waals surface area contributed by atoms with Crippen LogP contribution in [0.5, 0.6) is 0 Å². The maximum absolute atomic E-state index is 12.5. The second-order valence-electron chi connectivity index (χ2n) is 7.48. The number of benzene rings is 1. The zero-order chi connectivity index (χ0) is 21.2. The van der Waals surface area contributed by atoms with E-state index in [4.69, 9.17) is 10.00 Å². The van der Waals surface area contributed by atoms with Crippen LogP contribution in [-0.4, -0.2) is 48.0 Å². The van der Waals surface area contributed by atoms with Gasteiger partial charge in [0.2, 0.25) is 11.8 Å². The van der Waals surface area contributed by atoms with Crippen molar-refractivity contribution in [1.29, 1.82) is 5.26 Å². The molecular weight excluding hydrogens is 372 g/mol. The number of alkyl carbamates (subject to hydrolysis) is 1. The molecule has 1 aromatic carbocycles. The molecule has 0 aromatic heterocycles. The number of ether oxygens (including phenoxy) is 1. The summed E-state index contributed by atoms with van der Waals surface area (Å²) in [6, 6.07) is 10.1. The molecule has 2 atom stereocenters. The van der Waals surface area contributed by atoms with Gasteiger partial charge in [-0.25, -0.2) is 4.79 Å². The van der Waals surface area contributed by atoms with Gasteiger partial charge >= 0.3 is 6.09 Å². The van der Waals surface area contributed by atoms with Gasteiger partial charge in [0, 0.05) is 6.54 Å². The minimum absolute atomic E-state index is 0.103. The van der Waals surface area contributed by atoms with E-state index < -0.39 is 24.1 Å². The molecule has 0 bridgehead atoms. The number of hydrogen-bond acceptors (Lipinski definition) is 5. The molecule has 29 heavy (non-hydrogen) atoms. The van der Waals surface area contributed by atoms with Gasteiger partial charge in [-0.05, 0) is 30.7 Å². The van der Waals surface area contributed by atoms with E-state index in [1.165, 1.54) is 4.90 Å². The van der Waals surface area contributed by atoms with Gasteiger partial charge in [-0.15, -0.1) is 0 Å². The highest BCUT2D eigenvalue weighted by atomic mass is 16.5. The fraction of sp³-hybridized carbons (Fsp3) is 0.524. The van der Waals surface area contributed by atoms with Crippen LogP contribution in [0, 0.1) is 17.2 Å². The third-order valence-electron chi connectivity index (χ3n) is 4.66. The van der Waals surface area contributed by atoms with E-state index in [-0.39, 0.29) is 25.0 Å². The summed E-state index contributed by atoms with van der Waals surface area (Å²) in [4.78, 5) is 38.4. The quantitative estimate of drug-likeness (QED) is 0.693. The van der Waals surface area contributed by atoms with E-state index in [9.17, 15) is 14.4 Å². The van der Waals surface area contributed by atoms with Crippen molar-refractivity contribution in [2.45, 2.75) is 51.8 Å². The molecule has 2 rings (SSSR count). The highest BCUT2D eigenvalue weighted by molar-refractivity contribution is 5.89. The Kier molecular flexibility index (Phi) is 8.46. The van der Waals surface area contributed by atoms with Crippen LogP contribution in [0.3, 0.4) is 0 Å². The topological polar surface area (TPSA) is 112 Å². The Morgan fingerprint density at radius 3 is 2.66 bits per heavy atom. The first-order chi connectivity index (χ1) is 13.9. The van der Waals surface area contributed by atoms with Crippen LogP contribution in [0.25, 0.3) is 0 Å². The van der Waals surface area contributed by atoms with Crippen LogP contribution in [0.4, 0.5) is 4.79 Å². The average molecular weight is 400 g/mol. The number of nitriles is 1. The average Bonchev–Trinajstić information content (AvgIpc) is 3.19. The Balaban J connectivity index is 1.85. The second kappa shape index (κ2) is 11.1. The first kappa shape index (κ1) is 22.2. The van der Waals surface area contributed by atoms with Crippen molar-refractivity contribution < 1.29 is 19.1 Å². The number of carbonyl (C=O) groups excluding carboxylic acids is 3. The number of nitrogens with one attached hydrogen (secondary N) is 2. The Hall–Kier alpha value is -3.08. The fourth-order valence-electron chi connectivity index (χ4n) is 3.20. The first-order valence-electron chi connectivity index (χ1n) is 9.84. The van der Waals surface area contributed by atoms with E-state index in [1.54, 1.807) is 0 Å². The summed E-state index contributed by atoms with van der Waals surface area (Å²) in [5.41, 5.74) is 0.843. The highest BCUT2D eigenvalue weighted by Gasteiger charge is 2.29. The zero-order valence-corrected chi connectivity index (χ0v) is 16.9. The van der Waals surface area contributed by atoms with Crippen molar-refractivity contribution >= 4 is 17.9 Å². The molecule has 2 N–H and O–H groups in total. The van der Waals surface area contributed by atoms with Gasteiger partial charge in [0.15, 0.2) is 0 Å². The molecule has 0 unspecified atom stereocenters. The van der Waals surface area contributed by atoms with Gasteiger partial charge < -0.3 is 20.3 Å². The van der Waals surface area contributed by atoms with E-state index in [2.05, 4.69) is 16.7 Å². The largest absolute Gasteiger partial charge is 0.445 e. The van der Waals surface area contributed by atoms with Gasteiger partial charge in [-0.1, -0.05) is 44.2 Å². The predicted molar refractivity (Wildman–Crippen MR) is 106 cm³/mol. The van der Waals surface area contributed by atoms with E-state index in [1.807, 2.05) is 44.2 Å². The van der Waals surface area contributed by atoms with Crippen molar-refractivity contribution in [2.75, 3.05) is 13.1 Å². The Bertz CT molecular complexity index is 745. The molecule has 0 saturated carbocycles. The molecule has 8 heteroatoms. The number of carbonyl (C=O) groups is 3. The summed E-state index contributed by atoms with van der Waals surface area (Å²) in [5, 5.41) is 14.2. The summed E-state index contributed by atoms with van der Waals surface area (Å²) in [6.07, 6.45) is 1.15. The Morgan fingerprint density at radius 1 is 1.28 bits per heavy atom. The van der Waals surface area contributed by atoms with Crippen LogP contribution >= 0.6 is 0 Å². The van der Waals surface area contributed by atoms with Crippen molar-refractivity contribution in [2.24, 2.45) is 5.92 Å². The van der Waals surface area contributed by atoms with Gasteiger partial charge in [0.25, 0.3) is 0 Å². The summed E-state index contributed by atoms with van der Waals surface area (Å²) in [5.74, 6) is -0.591. The Labute approximate surface area is 171 Å². The van der Waals surface area contributed by atoms with Crippen LogP contribution in [0.2, 0.25) is 0 Å². The first-order valence-corrected chi connectivity index (χ1v) is 9.84. The van der Waals surface area contributed by atoms with E-state index in [0.717, 1.165) is 12.0 Å². The van der Waals surface area contributed by atoms with Crippen molar-refractivity contribution in [1.82, 2.24) is 15.5 Å². The third kappa shape index (κ3) is 7.11. The predicted octanol–water partition coefficient (Wildman–Crippen LogP) is 1.96. The molecule has 8 nitrogen and oxygen atoms in total. The maximum Gasteiger partial charge on any atom is 0.408 e. The van der Waals surface area contributed by atoms with Crippen LogP contribution < -0.4 is 10.6 Å². The summed E-state index contributed by atoms with van der Waals surface area (Å²) in [6.45, 7) is 4.29. The van der Waals surface area contributed by atoms with E-state index >= 15 is 0 Å². The summed E-state index contributed by atoms with van der Waals surface area (Å²) in [7, 11) is 0. The van der Waals surface area contributed by atoms with Crippen LogP contribution in [-0.2, 0) is 20.9 Å². The maximum atomic E-state index is 12.5. The summed E-state index contributed by atoms with van der Waals surface area (Å²) < 4.78 is 5.18. The smallest absolute Gasteiger partial charge is 0.408 e. The lowest BCUT2D eigenvalue weighted by molar-refractivity contribution is -0.133.